The van der Waals surface area contributed by atoms with Crippen molar-refractivity contribution in [3.05, 3.63) is 29.8 Å². The second kappa shape index (κ2) is 6.39. The highest BCUT2D eigenvalue weighted by molar-refractivity contribution is 7.54. The summed E-state index contributed by atoms with van der Waals surface area (Å²) >= 11 is 0. The molecule has 0 aromatic heterocycles. The molecule has 0 saturated heterocycles. The van der Waals surface area contributed by atoms with Crippen LogP contribution in [0.2, 0.25) is 0 Å². The first-order valence-electron chi connectivity index (χ1n) is 5.28. The van der Waals surface area contributed by atoms with Gasteiger partial charge in [0.25, 0.3) is 0 Å². The molecule has 0 aliphatic heterocycles. The first-order valence-corrected chi connectivity index (χ1v) is 7.01. The van der Waals surface area contributed by atoms with Crippen LogP contribution in [0.5, 0.6) is 5.75 Å². The van der Waals surface area contributed by atoms with Gasteiger partial charge in [-0.2, -0.15) is 13.2 Å². The molecule has 0 heterocycles. The van der Waals surface area contributed by atoms with Gasteiger partial charge in [-0.3, -0.25) is 9.36 Å². The molecule has 5 nitrogen and oxygen atoms in total. The van der Waals surface area contributed by atoms with E-state index in [9.17, 15) is 22.5 Å². The van der Waals surface area contributed by atoms with Gasteiger partial charge in [0.2, 0.25) is 0 Å². The van der Waals surface area contributed by atoms with Crippen molar-refractivity contribution in [1.29, 1.82) is 0 Å². The second-order valence-electron chi connectivity index (χ2n) is 3.63. The van der Waals surface area contributed by atoms with Crippen LogP contribution < -0.4 is 4.74 Å². The van der Waals surface area contributed by atoms with E-state index in [2.05, 4.69) is 13.8 Å². The summed E-state index contributed by atoms with van der Waals surface area (Å²) in [5, 5.41) is 0. The van der Waals surface area contributed by atoms with E-state index in [1.807, 2.05) is 0 Å². The summed E-state index contributed by atoms with van der Waals surface area (Å²) in [7, 11) is -1.45. The minimum absolute atomic E-state index is 0.302. The zero-order chi connectivity index (χ0) is 15.4. The van der Waals surface area contributed by atoms with E-state index in [0.717, 1.165) is 26.4 Å². The molecule has 1 aromatic rings. The number of carbonyl (C=O) groups is 1. The summed E-state index contributed by atoms with van der Waals surface area (Å²) in [6.07, 6.45) is -5.24. The first kappa shape index (κ1) is 16.7. The topological polar surface area (TPSA) is 61.8 Å². The second-order valence-corrected chi connectivity index (χ2v) is 5.90. The van der Waals surface area contributed by atoms with Crippen molar-refractivity contribution < 1.29 is 36.3 Å². The van der Waals surface area contributed by atoms with Crippen LogP contribution >= 0.6 is 7.60 Å². The molecule has 1 aromatic carbocycles. The zero-order valence-corrected chi connectivity index (χ0v) is 11.5. The van der Waals surface area contributed by atoms with E-state index in [1.54, 1.807) is 0 Å². The third kappa shape index (κ3) is 4.63. The van der Waals surface area contributed by atoms with E-state index in [-0.39, 0.29) is 5.75 Å². The predicted molar refractivity (Wildman–Crippen MR) is 63.6 cm³/mol. The lowest BCUT2D eigenvalue weighted by Gasteiger charge is -2.13. The Bertz CT molecular complexity index is 521. The Labute approximate surface area is 113 Å². The molecule has 0 N–H and O–H groups in total. The summed E-state index contributed by atoms with van der Waals surface area (Å²) in [6.45, 7) is 0. The van der Waals surface area contributed by atoms with E-state index in [1.165, 1.54) is 6.07 Å². The number of halogens is 3. The van der Waals surface area contributed by atoms with Crippen LogP contribution in [0.4, 0.5) is 13.2 Å². The largest absolute Gasteiger partial charge is 0.426 e. The number of alkyl halides is 3. The van der Waals surface area contributed by atoms with Crippen LogP contribution in [0.25, 0.3) is 0 Å². The minimum atomic E-state index is -4.54. The fraction of sp³-hybridized carbons (Fsp3) is 0.364. The van der Waals surface area contributed by atoms with Crippen LogP contribution in [0, 0.1) is 0 Å². The zero-order valence-electron chi connectivity index (χ0n) is 10.6. The Morgan fingerprint density at radius 1 is 1.25 bits per heavy atom. The lowest BCUT2D eigenvalue weighted by Crippen LogP contribution is -2.15. The number of carbonyl (C=O) groups excluding carboxylic acids is 1. The molecule has 0 amide bonds. The highest BCUT2D eigenvalue weighted by atomic mass is 31.2. The molecule has 0 unspecified atom stereocenters. The monoisotopic (exact) mass is 312 g/mol. The van der Waals surface area contributed by atoms with Gasteiger partial charge in [-0.15, -0.1) is 0 Å². The van der Waals surface area contributed by atoms with Gasteiger partial charge >= 0.3 is 19.7 Å². The Morgan fingerprint density at radius 3 is 2.35 bits per heavy atom. The molecule has 112 valence electrons. The maximum Gasteiger partial charge on any atom is 0.416 e. The van der Waals surface area contributed by atoms with Crippen molar-refractivity contribution in [2.45, 2.75) is 6.18 Å². The molecule has 0 radical (unpaired) electrons. The van der Waals surface area contributed by atoms with Gasteiger partial charge in [0.1, 0.15) is 11.9 Å². The molecule has 1 rings (SSSR count). The third-order valence-corrected chi connectivity index (χ3v) is 4.03. The summed E-state index contributed by atoms with van der Waals surface area (Å²) in [5.74, 6) is -1.32. The van der Waals surface area contributed by atoms with Gasteiger partial charge < -0.3 is 13.8 Å². The Hall–Kier alpha value is -1.37. The summed E-state index contributed by atoms with van der Waals surface area (Å²) in [5.41, 5.74) is -0.954. The van der Waals surface area contributed by atoms with Gasteiger partial charge in [0.15, 0.2) is 0 Å². The standard InChI is InChI=1S/C11H12F3O5P/c1-17-20(16,18-2)7-10(15)19-9-5-3-4-8(6-9)11(12,13)14/h3-6H,7H2,1-2H3. The Morgan fingerprint density at radius 2 is 1.85 bits per heavy atom. The predicted octanol–water partition coefficient (Wildman–Crippen LogP) is 3.10. The summed E-state index contributed by atoms with van der Waals surface area (Å²) in [6, 6.07) is 3.78. The molecule has 0 bridgehead atoms. The molecule has 20 heavy (non-hydrogen) atoms. The molecular formula is C11H12F3O5P. The van der Waals surface area contributed by atoms with Gasteiger partial charge in [-0.1, -0.05) is 6.07 Å². The first-order chi connectivity index (χ1) is 9.20. The van der Waals surface area contributed by atoms with Crippen molar-refractivity contribution in [1.82, 2.24) is 0 Å². The molecule has 9 heteroatoms. The molecule has 0 spiro atoms. The summed E-state index contributed by atoms with van der Waals surface area (Å²) in [4.78, 5) is 11.5. The minimum Gasteiger partial charge on any atom is -0.426 e. The lowest BCUT2D eigenvalue weighted by atomic mass is 10.2. The molecule has 0 fully saturated rings. The molecule has 0 saturated carbocycles. The van der Waals surface area contributed by atoms with Crippen molar-refractivity contribution in [3.8, 4) is 5.75 Å². The Kier molecular flexibility index (Phi) is 5.33. The van der Waals surface area contributed by atoms with Crippen molar-refractivity contribution in [2.24, 2.45) is 0 Å². The van der Waals surface area contributed by atoms with Crippen LogP contribution in [-0.4, -0.2) is 26.4 Å². The smallest absolute Gasteiger partial charge is 0.416 e. The van der Waals surface area contributed by atoms with Crippen LogP contribution in [0.15, 0.2) is 24.3 Å². The number of hydrogen-bond donors (Lipinski definition) is 0. The van der Waals surface area contributed by atoms with E-state index in [4.69, 9.17) is 0 Å². The van der Waals surface area contributed by atoms with Gasteiger partial charge in [0, 0.05) is 14.2 Å². The van der Waals surface area contributed by atoms with Gasteiger partial charge in [-0.05, 0) is 18.2 Å². The average Bonchev–Trinajstić information content (AvgIpc) is 2.37. The molecule has 0 atom stereocenters. The van der Waals surface area contributed by atoms with Crippen molar-refractivity contribution >= 4 is 13.6 Å². The number of benzene rings is 1. The molecular weight excluding hydrogens is 300 g/mol. The highest BCUT2D eigenvalue weighted by Crippen LogP contribution is 2.46. The molecule has 0 aliphatic carbocycles. The Balaban J connectivity index is 2.79. The van der Waals surface area contributed by atoms with Crippen LogP contribution in [0.1, 0.15) is 5.56 Å². The van der Waals surface area contributed by atoms with Gasteiger partial charge in [0.05, 0.1) is 5.56 Å². The van der Waals surface area contributed by atoms with Crippen molar-refractivity contribution in [2.75, 3.05) is 20.4 Å². The number of ether oxygens (including phenoxy) is 1. The maximum atomic E-state index is 12.5. The number of hydrogen-bond acceptors (Lipinski definition) is 5. The number of rotatable bonds is 5. The lowest BCUT2D eigenvalue weighted by molar-refractivity contribution is -0.138. The maximum absolute atomic E-state index is 12.5. The van der Waals surface area contributed by atoms with Crippen molar-refractivity contribution in [3.63, 3.8) is 0 Å². The fourth-order valence-corrected chi connectivity index (χ4v) is 2.05. The van der Waals surface area contributed by atoms with Crippen LogP contribution in [0.3, 0.4) is 0 Å². The average molecular weight is 312 g/mol. The van der Waals surface area contributed by atoms with Crippen LogP contribution in [-0.2, 0) is 24.6 Å². The third-order valence-electron chi connectivity index (χ3n) is 2.27. The van der Waals surface area contributed by atoms with E-state index >= 15 is 0 Å². The number of esters is 1. The fourth-order valence-electron chi connectivity index (χ4n) is 1.26. The molecule has 0 aliphatic rings. The van der Waals surface area contributed by atoms with E-state index in [0.29, 0.717) is 6.07 Å². The highest BCUT2D eigenvalue weighted by Gasteiger charge is 2.31. The van der Waals surface area contributed by atoms with E-state index < -0.39 is 31.5 Å². The quantitative estimate of drug-likeness (QED) is 0.475. The SMILES string of the molecule is COP(=O)(CC(=O)Oc1cccc(C(F)(F)F)c1)OC. The normalized spacial score (nSPS) is 12.2. The summed E-state index contributed by atoms with van der Waals surface area (Å²) < 4.78 is 62.8. The van der Waals surface area contributed by atoms with Gasteiger partial charge in [-0.25, -0.2) is 0 Å².